The number of hydrogen-bond acceptors (Lipinski definition) is 5. The maximum absolute atomic E-state index is 13.3. The highest BCUT2D eigenvalue weighted by Gasteiger charge is 2.43. The molecule has 3 aliphatic rings. The van der Waals surface area contributed by atoms with Crippen LogP contribution in [0.15, 0.2) is 72.8 Å². The van der Waals surface area contributed by atoms with Crippen LogP contribution in [-0.2, 0) is 4.79 Å². The molecule has 2 aliphatic carbocycles. The average molecular weight is 511 g/mol. The van der Waals surface area contributed by atoms with E-state index in [1.807, 2.05) is 54.6 Å². The molecule has 7 heteroatoms. The summed E-state index contributed by atoms with van der Waals surface area (Å²) in [5, 5.41) is 6.22. The van der Waals surface area contributed by atoms with E-state index in [-0.39, 0.29) is 29.7 Å². The maximum atomic E-state index is 13.3. The summed E-state index contributed by atoms with van der Waals surface area (Å²) >= 11 is 0. The second-order valence-corrected chi connectivity index (χ2v) is 10.5. The number of nitrogens with zero attached hydrogens (tertiary/aromatic N) is 2. The van der Waals surface area contributed by atoms with E-state index in [4.69, 9.17) is 4.74 Å². The molecule has 7 nitrogen and oxygen atoms in total. The van der Waals surface area contributed by atoms with Crippen molar-refractivity contribution in [3.8, 4) is 5.75 Å². The van der Waals surface area contributed by atoms with Gasteiger partial charge < -0.3 is 25.2 Å². The van der Waals surface area contributed by atoms with E-state index in [0.29, 0.717) is 11.3 Å². The Morgan fingerprint density at radius 3 is 2.24 bits per heavy atom. The smallest absolute Gasteiger partial charge is 0.253 e. The number of amides is 2. The number of methoxy groups -OCH3 is 1. The molecule has 3 fully saturated rings. The van der Waals surface area contributed by atoms with Crippen molar-refractivity contribution in [2.24, 2.45) is 5.92 Å². The molecule has 2 N–H and O–H groups in total. The van der Waals surface area contributed by atoms with E-state index in [0.717, 1.165) is 62.6 Å². The monoisotopic (exact) mass is 510 g/mol. The number of carbonyl (C=O) groups excluding carboxylic acids is 2. The second kappa shape index (κ2) is 10.4. The fourth-order valence-corrected chi connectivity index (χ4v) is 5.43. The van der Waals surface area contributed by atoms with Crippen LogP contribution in [0.25, 0.3) is 0 Å². The lowest BCUT2D eigenvalue weighted by atomic mass is 10.1. The van der Waals surface area contributed by atoms with Gasteiger partial charge >= 0.3 is 0 Å². The summed E-state index contributed by atoms with van der Waals surface area (Å²) in [6, 6.07) is 24.3. The van der Waals surface area contributed by atoms with Crippen LogP contribution in [-0.4, -0.2) is 51.1 Å². The molecule has 0 radical (unpaired) electrons. The van der Waals surface area contributed by atoms with Crippen molar-refractivity contribution in [3.63, 3.8) is 0 Å². The molecule has 38 heavy (non-hydrogen) atoms. The molecule has 1 saturated heterocycles. The molecule has 0 aromatic heterocycles. The van der Waals surface area contributed by atoms with Gasteiger partial charge in [-0.1, -0.05) is 42.5 Å². The number of benzene rings is 3. The Morgan fingerprint density at radius 1 is 0.842 bits per heavy atom. The summed E-state index contributed by atoms with van der Waals surface area (Å²) in [6.07, 6.45) is 2.91. The van der Waals surface area contributed by atoms with Crippen molar-refractivity contribution in [1.82, 2.24) is 5.32 Å². The third kappa shape index (κ3) is 5.19. The number of para-hydroxylation sites is 2. The van der Waals surface area contributed by atoms with Crippen LogP contribution in [0.4, 0.5) is 17.1 Å². The summed E-state index contributed by atoms with van der Waals surface area (Å²) in [7, 11) is 1.70. The van der Waals surface area contributed by atoms with Gasteiger partial charge in [-0.3, -0.25) is 9.59 Å². The minimum absolute atomic E-state index is 0.0191. The normalized spacial score (nSPS) is 20.6. The van der Waals surface area contributed by atoms with Gasteiger partial charge in [-0.05, 0) is 61.1 Å². The molecule has 2 amide bonds. The fourth-order valence-electron chi connectivity index (χ4n) is 5.43. The fraction of sp³-hybridized carbons (Fsp3) is 0.355. The van der Waals surface area contributed by atoms with E-state index < -0.39 is 0 Å². The molecule has 3 aromatic rings. The topological polar surface area (TPSA) is 73.9 Å². The predicted octanol–water partition coefficient (Wildman–Crippen LogP) is 4.66. The highest BCUT2D eigenvalue weighted by Crippen LogP contribution is 2.48. The molecule has 196 valence electrons. The number of hydrogen-bond donors (Lipinski definition) is 2. The third-order valence-corrected chi connectivity index (χ3v) is 7.82. The predicted molar refractivity (Wildman–Crippen MR) is 150 cm³/mol. The van der Waals surface area contributed by atoms with Crippen molar-refractivity contribution in [3.05, 3.63) is 83.9 Å². The van der Waals surface area contributed by atoms with Crippen molar-refractivity contribution in [1.29, 1.82) is 0 Å². The molecule has 0 bridgehead atoms. The maximum Gasteiger partial charge on any atom is 0.253 e. The van der Waals surface area contributed by atoms with E-state index in [2.05, 4.69) is 38.6 Å². The first-order chi connectivity index (χ1) is 18.6. The minimum Gasteiger partial charge on any atom is -0.495 e. The van der Waals surface area contributed by atoms with Gasteiger partial charge in [0.15, 0.2) is 0 Å². The van der Waals surface area contributed by atoms with E-state index in [9.17, 15) is 9.59 Å². The molecule has 1 heterocycles. The van der Waals surface area contributed by atoms with Crippen molar-refractivity contribution in [2.75, 3.05) is 48.4 Å². The van der Waals surface area contributed by atoms with Gasteiger partial charge in [0, 0.05) is 49.5 Å². The van der Waals surface area contributed by atoms with E-state index in [1.54, 1.807) is 7.11 Å². The number of anilines is 3. The SMILES string of the molecule is COc1ccccc1N1CCN(c2ccc(NC(=O)C3CC3c3ccccc3)cc2C(=O)NC2CC2)CC1. The second-order valence-electron chi connectivity index (χ2n) is 10.5. The standard InChI is InChI=1S/C31H34N4O3/c1-38-29-10-6-5-9-28(29)35-17-15-34(16-18-35)27-14-13-23(19-26(27)31(37)32-22-11-12-22)33-30(36)25-20-24(25)21-7-3-2-4-8-21/h2-10,13-14,19,22,24-25H,11-12,15-18,20H2,1H3,(H,32,37)(H,33,36). The molecule has 3 aromatic carbocycles. The van der Waals surface area contributed by atoms with Gasteiger partial charge in [0.25, 0.3) is 5.91 Å². The molecule has 1 aliphatic heterocycles. The average Bonchev–Trinajstić information content (AvgIpc) is 3.89. The highest BCUT2D eigenvalue weighted by atomic mass is 16.5. The van der Waals surface area contributed by atoms with Gasteiger partial charge in [-0.25, -0.2) is 0 Å². The van der Waals surface area contributed by atoms with Crippen LogP contribution in [0.5, 0.6) is 5.75 Å². The Kier molecular flexibility index (Phi) is 6.66. The Hall–Kier alpha value is -4.00. The van der Waals surface area contributed by atoms with E-state index in [1.165, 1.54) is 5.56 Å². The first kappa shape index (κ1) is 24.3. The summed E-state index contributed by atoms with van der Waals surface area (Å²) in [4.78, 5) is 30.9. The van der Waals surface area contributed by atoms with Crippen LogP contribution < -0.4 is 25.2 Å². The number of piperazine rings is 1. The number of rotatable bonds is 8. The number of ether oxygens (including phenoxy) is 1. The largest absolute Gasteiger partial charge is 0.495 e. The Bertz CT molecular complexity index is 1320. The first-order valence-corrected chi connectivity index (χ1v) is 13.5. The van der Waals surface area contributed by atoms with E-state index >= 15 is 0 Å². The molecular formula is C31H34N4O3. The Labute approximate surface area is 223 Å². The highest BCUT2D eigenvalue weighted by molar-refractivity contribution is 6.03. The van der Waals surface area contributed by atoms with Crippen LogP contribution in [0.3, 0.4) is 0 Å². The summed E-state index contributed by atoms with van der Waals surface area (Å²) in [6.45, 7) is 3.22. The van der Waals surface area contributed by atoms with Gasteiger partial charge in [-0.15, -0.1) is 0 Å². The van der Waals surface area contributed by atoms with Gasteiger partial charge in [-0.2, -0.15) is 0 Å². The van der Waals surface area contributed by atoms with Crippen molar-refractivity contribution >= 4 is 28.9 Å². The van der Waals surface area contributed by atoms with Gasteiger partial charge in [0.1, 0.15) is 5.75 Å². The number of nitrogens with one attached hydrogen (secondary N) is 2. The lowest BCUT2D eigenvalue weighted by Gasteiger charge is -2.38. The minimum atomic E-state index is -0.0701. The zero-order valence-corrected chi connectivity index (χ0v) is 21.7. The van der Waals surface area contributed by atoms with Crippen molar-refractivity contribution < 1.29 is 14.3 Å². The van der Waals surface area contributed by atoms with Gasteiger partial charge in [0.05, 0.1) is 18.4 Å². The Balaban J connectivity index is 1.17. The van der Waals surface area contributed by atoms with Gasteiger partial charge in [0.2, 0.25) is 5.91 Å². The lowest BCUT2D eigenvalue weighted by Crippen LogP contribution is -2.47. The zero-order valence-electron chi connectivity index (χ0n) is 21.7. The van der Waals surface area contributed by atoms with Crippen LogP contribution in [0.2, 0.25) is 0 Å². The number of carbonyl (C=O) groups is 2. The summed E-state index contributed by atoms with van der Waals surface area (Å²) < 4.78 is 5.56. The third-order valence-electron chi connectivity index (χ3n) is 7.82. The van der Waals surface area contributed by atoms with Crippen LogP contribution >= 0.6 is 0 Å². The summed E-state index contributed by atoms with van der Waals surface area (Å²) in [5.74, 6) is 1.07. The Morgan fingerprint density at radius 2 is 1.53 bits per heavy atom. The molecule has 2 saturated carbocycles. The van der Waals surface area contributed by atoms with Crippen LogP contribution in [0, 0.1) is 5.92 Å². The lowest BCUT2D eigenvalue weighted by molar-refractivity contribution is -0.117. The molecular weight excluding hydrogens is 476 g/mol. The molecule has 2 atom stereocenters. The molecule has 6 rings (SSSR count). The molecule has 2 unspecified atom stereocenters. The zero-order chi connectivity index (χ0) is 26.1. The van der Waals surface area contributed by atoms with Crippen molar-refractivity contribution in [2.45, 2.75) is 31.2 Å². The quantitative estimate of drug-likeness (QED) is 0.461. The first-order valence-electron chi connectivity index (χ1n) is 13.5. The molecule has 0 spiro atoms. The summed E-state index contributed by atoms with van der Waals surface area (Å²) in [5.41, 5.74) is 4.50. The van der Waals surface area contributed by atoms with Crippen LogP contribution in [0.1, 0.15) is 41.1 Å².